The smallest absolute Gasteiger partial charge is 0.307 e. The molecule has 1 aromatic heterocycles. The maximum absolute atomic E-state index is 12.8. The minimum atomic E-state index is -0.895. The van der Waals surface area contributed by atoms with Crippen LogP contribution in [0.2, 0.25) is 0 Å². The molecule has 7 nitrogen and oxygen atoms in total. The number of carbonyl (C=O) groups is 2. The SMILES string of the molecule is Cc1noc([C@@H]2CCCN(C(=O)[C@H]3CC=CC[C@H]3C(=O)O)C2)n1. The zero-order valence-corrected chi connectivity index (χ0v) is 13.1. The third-order valence-electron chi connectivity index (χ3n) is 4.69. The number of carbonyl (C=O) groups excluding carboxylic acids is 1. The topological polar surface area (TPSA) is 96.5 Å². The number of likely N-dealkylation sites (tertiary alicyclic amines) is 1. The molecule has 3 rings (SSSR count). The van der Waals surface area contributed by atoms with E-state index in [1.807, 2.05) is 12.2 Å². The third kappa shape index (κ3) is 3.28. The average Bonchev–Trinajstić information content (AvgIpc) is 3.01. The number of carboxylic acid groups (broad SMARTS) is 1. The summed E-state index contributed by atoms with van der Waals surface area (Å²) in [6.45, 7) is 2.95. The molecule has 124 valence electrons. The Hall–Kier alpha value is -2.18. The number of allylic oxidation sites excluding steroid dienone is 2. The van der Waals surface area contributed by atoms with Crippen molar-refractivity contribution in [3.8, 4) is 0 Å². The van der Waals surface area contributed by atoms with Gasteiger partial charge >= 0.3 is 5.97 Å². The van der Waals surface area contributed by atoms with Gasteiger partial charge in [-0.05, 0) is 32.6 Å². The van der Waals surface area contributed by atoms with Crippen molar-refractivity contribution in [2.75, 3.05) is 13.1 Å². The molecule has 7 heteroatoms. The normalized spacial score (nSPS) is 27.9. The molecule has 1 fully saturated rings. The van der Waals surface area contributed by atoms with E-state index in [-0.39, 0.29) is 11.8 Å². The lowest BCUT2D eigenvalue weighted by atomic mass is 9.81. The Labute approximate surface area is 134 Å². The molecule has 0 aromatic carbocycles. The summed E-state index contributed by atoms with van der Waals surface area (Å²) in [5, 5.41) is 13.2. The van der Waals surface area contributed by atoms with E-state index >= 15 is 0 Å². The van der Waals surface area contributed by atoms with E-state index in [4.69, 9.17) is 4.52 Å². The first-order valence-electron chi connectivity index (χ1n) is 8.03. The quantitative estimate of drug-likeness (QED) is 0.853. The summed E-state index contributed by atoms with van der Waals surface area (Å²) in [6.07, 6.45) is 6.44. The Kier molecular flexibility index (Phi) is 4.45. The fourth-order valence-electron chi connectivity index (χ4n) is 3.45. The van der Waals surface area contributed by atoms with Crippen LogP contribution in [-0.2, 0) is 9.59 Å². The van der Waals surface area contributed by atoms with Crippen LogP contribution in [0.15, 0.2) is 16.7 Å². The number of nitrogens with zero attached hydrogens (tertiary/aromatic N) is 3. The van der Waals surface area contributed by atoms with Crippen LogP contribution < -0.4 is 0 Å². The number of rotatable bonds is 3. The first-order valence-corrected chi connectivity index (χ1v) is 8.03. The molecule has 1 amide bonds. The van der Waals surface area contributed by atoms with Crippen molar-refractivity contribution in [2.45, 2.75) is 38.5 Å². The van der Waals surface area contributed by atoms with Crippen molar-refractivity contribution in [3.05, 3.63) is 23.9 Å². The van der Waals surface area contributed by atoms with Crippen molar-refractivity contribution in [3.63, 3.8) is 0 Å². The predicted molar refractivity (Wildman–Crippen MR) is 80.6 cm³/mol. The highest BCUT2D eigenvalue weighted by molar-refractivity contribution is 5.85. The summed E-state index contributed by atoms with van der Waals surface area (Å²) < 4.78 is 5.23. The van der Waals surface area contributed by atoms with Gasteiger partial charge in [-0.2, -0.15) is 4.98 Å². The van der Waals surface area contributed by atoms with Crippen LogP contribution in [0.3, 0.4) is 0 Å². The van der Waals surface area contributed by atoms with Crippen molar-refractivity contribution >= 4 is 11.9 Å². The van der Waals surface area contributed by atoms with Crippen molar-refractivity contribution < 1.29 is 19.2 Å². The van der Waals surface area contributed by atoms with Gasteiger partial charge in [0.05, 0.1) is 17.8 Å². The molecule has 1 saturated heterocycles. The maximum Gasteiger partial charge on any atom is 0.307 e. The van der Waals surface area contributed by atoms with Gasteiger partial charge in [0.2, 0.25) is 11.8 Å². The van der Waals surface area contributed by atoms with Gasteiger partial charge in [-0.1, -0.05) is 17.3 Å². The summed E-state index contributed by atoms with van der Waals surface area (Å²) in [5.74, 6) is -0.864. The van der Waals surface area contributed by atoms with Gasteiger partial charge in [0.1, 0.15) is 0 Å². The summed E-state index contributed by atoms with van der Waals surface area (Å²) in [4.78, 5) is 30.2. The Morgan fingerprint density at radius 2 is 2.04 bits per heavy atom. The predicted octanol–water partition coefficient (Wildman–Crippen LogP) is 1.75. The number of aryl methyl sites for hydroxylation is 1. The molecular formula is C16H21N3O4. The van der Waals surface area contributed by atoms with Crippen LogP contribution in [-0.4, -0.2) is 45.1 Å². The second kappa shape index (κ2) is 6.52. The number of carboxylic acids is 1. The number of amides is 1. The number of aromatic nitrogens is 2. The molecular weight excluding hydrogens is 298 g/mol. The summed E-state index contributed by atoms with van der Waals surface area (Å²) >= 11 is 0. The van der Waals surface area contributed by atoms with Crippen LogP contribution in [0.5, 0.6) is 0 Å². The van der Waals surface area contributed by atoms with Crippen LogP contribution in [0.4, 0.5) is 0 Å². The van der Waals surface area contributed by atoms with Gasteiger partial charge < -0.3 is 14.5 Å². The standard InChI is InChI=1S/C16H21N3O4/c1-10-17-14(23-18-10)11-5-4-8-19(9-11)15(20)12-6-2-3-7-13(12)16(21)22/h2-3,11-13H,4-9H2,1H3,(H,21,22)/t11-,12+,13-/m1/s1. The molecule has 0 radical (unpaired) electrons. The van der Waals surface area contributed by atoms with Crippen LogP contribution in [0, 0.1) is 18.8 Å². The van der Waals surface area contributed by atoms with Gasteiger partial charge in [0, 0.05) is 13.1 Å². The fourth-order valence-corrected chi connectivity index (χ4v) is 3.45. The number of aliphatic carboxylic acids is 1. The number of hydrogen-bond donors (Lipinski definition) is 1. The molecule has 0 saturated carbocycles. The van der Waals surface area contributed by atoms with E-state index in [1.54, 1.807) is 11.8 Å². The number of piperidine rings is 1. The van der Waals surface area contributed by atoms with Crippen LogP contribution in [0.25, 0.3) is 0 Å². The first-order chi connectivity index (χ1) is 11.1. The Morgan fingerprint density at radius 3 is 2.70 bits per heavy atom. The van der Waals surface area contributed by atoms with E-state index in [2.05, 4.69) is 10.1 Å². The monoisotopic (exact) mass is 319 g/mol. The maximum atomic E-state index is 12.8. The van der Waals surface area contributed by atoms with E-state index < -0.39 is 17.8 Å². The van der Waals surface area contributed by atoms with Gasteiger partial charge in [-0.3, -0.25) is 9.59 Å². The lowest BCUT2D eigenvalue weighted by molar-refractivity contribution is -0.151. The lowest BCUT2D eigenvalue weighted by Crippen LogP contribution is -2.45. The van der Waals surface area contributed by atoms with Gasteiger partial charge in [-0.25, -0.2) is 0 Å². The van der Waals surface area contributed by atoms with Gasteiger partial charge in [0.25, 0.3) is 0 Å². The van der Waals surface area contributed by atoms with Crippen molar-refractivity contribution in [2.24, 2.45) is 11.8 Å². The highest BCUT2D eigenvalue weighted by Crippen LogP contribution is 2.31. The molecule has 0 bridgehead atoms. The zero-order valence-electron chi connectivity index (χ0n) is 13.1. The summed E-state index contributed by atoms with van der Waals surface area (Å²) in [5.41, 5.74) is 0. The molecule has 0 spiro atoms. The molecule has 1 aromatic rings. The van der Waals surface area contributed by atoms with Crippen LogP contribution in [0.1, 0.15) is 43.3 Å². The Bertz CT molecular complexity index is 625. The molecule has 0 unspecified atom stereocenters. The van der Waals surface area contributed by atoms with Crippen LogP contribution >= 0.6 is 0 Å². The second-order valence-electron chi connectivity index (χ2n) is 6.30. The van der Waals surface area contributed by atoms with Crippen molar-refractivity contribution in [1.29, 1.82) is 0 Å². The Morgan fingerprint density at radius 1 is 1.30 bits per heavy atom. The fraction of sp³-hybridized carbons (Fsp3) is 0.625. The second-order valence-corrected chi connectivity index (χ2v) is 6.30. The van der Waals surface area contributed by atoms with E-state index in [1.165, 1.54) is 0 Å². The minimum Gasteiger partial charge on any atom is -0.481 e. The molecule has 2 heterocycles. The van der Waals surface area contributed by atoms with E-state index in [0.717, 1.165) is 12.8 Å². The summed E-state index contributed by atoms with van der Waals surface area (Å²) in [7, 11) is 0. The van der Waals surface area contributed by atoms with E-state index in [9.17, 15) is 14.7 Å². The molecule has 1 N–H and O–H groups in total. The summed E-state index contributed by atoms with van der Waals surface area (Å²) in [6, 6.07) is 0. The largest absolute Gasteiger partial charge is 0.481 e. The average molecular weight is 319 g/mol. The Balaban J connectivity index is 1.71. The van der Waals surface area contributed by atoms with Crippen molar-refractivity contribution in [1.82, 2.24) is 15.0 Å². The molecule has 2 aliphatic rings. The first kappa shape index (κ1) is 15.7. The van der Waals surface area contributed by atoms with E-state index in [0.29, 0.717) is 37.6 Å². The lowest BCUT2D eigenvalue weighted by Gasteiger charge is -2.35. The third-order valence-corrected chi connectivity index (χ3v) is 4.69. The number of hydrogen-bond acceptors (Lipinski definition) is 5. The van der Waals surface area contributed by atoms with Gasteiger partial charge in [-0.15, -0.1) is 0 Å². The molecule has 23 heavy (non-hydrogen) atoms. The molecule has 1 aliphatic carbocycles. The highest BCUT2D eigenvalue weighted by atomic mass is 16.5. The minimum absolute atomic E-state index is 0.0383. The van der Waals surface area contributed by atoms with Gasteiger partial charge in [0.15, 0.2) is 5.82 Å². The highest BCUT2D eigenvalue weighted by Gasteiger charge is 2.38. The molecule has 1 aliphatic heterocycles. The zero-order chi connectivity index (χ0) is 16.4. The molecule has 3 atom stereocenters.